The van der Waals surface area contributed by atoms with Gasteiger partial charge in [0.2, 0.25) is 0 Å². The molecule has 2 N–H and O–H groups in total. The third kappa shape index (κ3) is 1.87. The van der Waals surface area contributed by atoms with E-state index in [1.807, 2.05) is 38.3 Å². The topological polar surface area (TPSA) is 66.5 Å². The first-order valence-corrected chi connectivity index (χ1v) is 6.44. The fraction of sp³-hybridized carbons (Fsp3) is 0.200. The van der Waals surface area contributed by atoms with Gasteiger partial charge in [0, 0.05) is 30.4 Å². The van der Waals surface area contributed by atoms with Crippen molar-refractivity contribution in [2.45, 2.75) is 13.8 Å². The summed E-state index contributed by atoms with van der Waals surface area (Å²) in [6, 6.07) is 3.87. The maximum absolute atomic E-state index is 12.2. The summed E-state index contributed by atoms with van der Waals surface area (Å²) in [6.45, 7) is 3.95. The number of fused-ring (bicyclic) bond motifs is 1. The molecule has 0 saturated carbocycles. The Hall–Kier alpha value is -2.56. The van der Waals surface area contributed by atoms with E-state index in [1.54, 1.807) is 17.8 Å². The Morgan fingerprint density at radius 1 is 1.40 bits per heavy atom. The second-order valence-electron chi connectivity index (χ2n) is 5.04. The molecule has 20 heavy (non-hydrogen) atoms. The Morgan fingerprint density at radius 2 is 2.20 bits per heavy atom. The molecule has 102 valence electrons. The van der Waals surface area contributed by atoms with Crippen molar-refractivity contribution in [2.75, 3.05) is 0 Å². The van der Waals surface area contributed by atoms with Gasteiger partial charge < -0.3 is 9.97 Å². The highest BCUT2D eigenvalue weighted by molar-refractivity contribution is 5.85. The van der Waals surface area contributed by atoms with Crippen molar-refractivity contribution in [2.24, 2.45) is 7.05 Å². The van der Waals surface area contributed by atoms with E-state index >= 15 is 0 Å². The molecule has 0 radical (unpaired) electrons. The SMILES string of the molecule is CC(C)=c1[nH]/c(=C\c2c[nH]c3ncccc23)c(=O)n1C. The predicted molar refractivity (Wildman–Crippen MR) is 79.7 cm³/mol. The first kappa shape index (κ1) is 12.5. The second kappa shape index (κ2) is 4.52. The number of nitrogens with zero attached hydrogens (tertiary/aromatic N) is 2. The number of rotatable bonds is 1. The van der Waals surface area contributed by atoms with E-state index < -0.39 is 0 Å². The molecule has 0 aliphatic carbocycles. The van der Waals surface area contributed by atoms with Crippen LogP contribution in [0.5, 0.6) is 0 Å². The quantitative estimate of drug-likeness (QED) is 0.679. The smallest absolute Gasteiger partial charge is 0.275 e. The van der Waals surface area contributed by atoms with E-state index in [9.17, 15) is 4.79 Å². The largest absolute Gasteiger partial charge is 0.346 e. The van der Waals surface area contributed by atoms with Crippen LogP contribution in [-0.4, -0.2) is 19.5 Å². The summed E-state index contributed by atoms with van der Waals surface area (Å²) in [5.41, 5.74) is 3.66. The Balaban J connectivity index is 2.31. The summed E-state index contributed by atoms with van der Waals surface area (Å²) in [5, 5.41) is 1.58. The van der Waals surface area contributed by atoms with Gasteiger partial charge in [-0.3, -0.25) is 9.36 Å². The maximum atomic E-state index is 12.2. The third-order valence-electron chi connectivity index (χ3n) is 3.38. The maximum Gasteiger partial charge on any atom is 0.275 e. The highest BCUT2D eigenvalue weighted by atomic mass is 16.1. The lowest BCUT2D eigenvalue weighted by Crippen LogP contribution is -2.29. The van der Waals surface area contributed by atoms with Gasteiger partial charge in [-0.25, -0.2) is 4.98 Å². The lowest BCUT2D eigenvalue weighted by molar-refractivity contribution is 0.831. The zero-order chi connectivity index (χ0) is 14.3. The van der Waals surface area contributed by atoms with Crippen LogP contribution in [0.1, 0.15) is 19.4 Å². The van der Waals surface area contributed by atoms with Crippen molar-refractivity contribution in [3.8, 4) is 0 Å². The molecular weight excluding hydrogens is 252 g/mol. The molecule has 0 saturated heterocycles. The van der Waals surface area contributed by atoms with Crippen molar-refractivity contribution >= 4 is 22.7 Å². The molecule has 0 aliphatic heterocycles. The van der Waals surface area contributed by atoms with E-state index in [1.165, 1.54) is 0 Å². The number of nitrogens with one attached hydrogen (secondary N) is 2. The normalized spacial score (nSPS) is 12.2. The molecule has 3 rings (SSSR count). The Morgan fingerprint density at radius 3 is 2.90 bits per heavy atom. The molecular formula is C15H16N4O. The molecule has 3 aromatic rings. The summed E-state index contributed by atoms with van der Waals surface area (Å²) in [7, 11) is 1.77. The van der Waals surface area contributed by atoms with Crippen LogP contribution in [0.2, 0.25) is 0 Å². The number of aromatic nitrogens is 4. The number of imidazole rings is 1. The highest BCUT2D eigenvalue weighted by Crippen LogP contribution is 2.15. The Kier molecular flexibility index (Phi) is 2.82. The summed E-state index contributed by atoms with van der Waals surface area (Å²) in [4.78, 5) is 22.7. The first-order valence-electron chi connectivity index (χ1n) is 6.44. The molecule has 0 unspecified atom stereocenters. The minimum Gasteiger partial charge on any atom is -0.346 e. The Labute approximate surface area is 115 Å². The molecule has 0 atom stereocenters. The lowest BCUT2D eigenvalue weighted by atomic mass is 10.2. The van der Waals surface area contributed by atoms with Gasteiger partial charge in [0.1, 0.15) is 16.5 Å². The minimum atomic E-state index is -0.0283. The summed E-state index contributed by atoms with van der Waals surface area (Å²) >= 11 is 0. The van der Waals surface area contributed by atoms with Crippen molar-refractivity contribution in [3.05, 3.63) is 51.3 Å². The Bertz CT molecular complexity index is 952. The van der Waals surface area contributed by atoms with E-state index in [-0.39, 0.29) is 5.56 Å². The van der Waals surface area contributed by atoms with Crippen LogP contribution >= 0.6 is 0 Å². The van der Waals surface area contributed by atoms with Crippen LogP contribution in [0.15, 0.2) is 29.3 Å². The van der Waals surface area contributed by atoms with Gasteiger partial charge >= 0.3 is 0 Å². The van der Waals surface area contributed by atoms with Crippen LogP contribution in [0, 0.1) is 0 Å². The van der Waals surface area contributed by atoms with Gasteiger partial charge in [0.15, 0.2) is 0 Å². The number of H-pyrrole nitrogens is 2. The van der Waals surface area contributed by atoms with Gasteiger partial charge in [0.25, 0.3) is 5.56 Å². The molecule has 3 aromatic heterocycles. The van der Waals surface area contributed by atoms with E-state index in [2.05, 4.69) is 15.0 Å². The fourth-order valence-electron chi connectivity index (χ4n) is 2.36. The molecule has 0 spiro atoms. The lowest BCUT2D eigenvalue weighted by Gasteiger charge is -1.89. The van der Waals surface area contributed by atoms with Crippen LogP contribution in [0.3, 0.4) is 0 Å². The molecule has 5 heteroatoms. The van der Waals surface area contributed by atoms with Gasteiger partial charge in [-0.15, -0.1) is 0 Å². The molecule has 5 nitrogen and oxygen atoms in total. The summed E-state index contributed by atoms with van der Waals surface area (Å²) in [6.07, 6.45) is 5.46. The van der Waals surface area contributed by atoms with E-state index in [0.29, 0.717) is 5.35 Å². The molecule has 0 amide bonds. The fourth-order valence-corrected chi connectivity index (χ4v) is 2.36. The molecule has 3 heterocycles. The standard InChI is InChI=1S/C15H16N4O/c1-9(2)14-18-12(15(20)19(14)3)7-10-8-17-13-11(10)5-4-6-16-13/h4-8,18H,1-3H3,(H,16,17)/b12-7-. The van der Waals surface area contributed by atoms with Crippen LogP contribution < -0.4 is 16.4 Å². The average Bonchev–Trinajstić information content (AvgIpc) is 2.96. The van der Waals surface area contributed by atoms with Crippen molar-refractivity contribution in [1.82, 2.24) is 19.5 Å². The van der Waals surface area contributed by atoms with Crippen LogP contribution in [-0.2, 0) is 7.05 Å². The van der Waals surface area contributed by atoms with Gasteiger partial charge in [-0.1, -0.05) is 0 Å². The summed E-state index contributed by atoms with van der Waals surface area (Å²) in [5.74, 6) is 0. The number of hydrogen-bond acceptors (Lipinski definition) is 2. The number of aromatic amines is 2. The van der Waals surface area contributed by atoms with Crippen molar-refractivity contribution in [3.63, 3.8) is 0 Å². The number of pyridine rings is 1. The van der Waals surface area contributed by atoms with Crippen LogP contribution in [0.25, 0.3) is 22.7 Å². The first-order chi connectivity index (χ1) is 9.58. The van der Waals surface area contributed by atoms with E-state index in [0.717, 1.165) is 27.6 Å². The minimum absolute atomic E-state index is 0.0283. The van der Waals surface area contributed by atoms with Crippen molar-refractivity contribution < 1.29 is 0 Å². The average molecular weight is 268 g/mol. The number of hydrogen-bond donors (Lipinski definition) is 2. The molecule has 0 aliphatic rings. The molecule has 0 bridgehead atoms. The second-order valence-corrected chi connectivity index (χ2v) is 5.04. The zero-order valence-corrected chi connectivity index (χ0v) is 11.7. The van der Waals surface area contributed by atoms with Gasteiger partial charge in [0.05, 0.1) is 0 Å². The third-order valence-corrected chi connectivity index (χ3v) is 3.38. The van der Waals surface area contributed by atoms with Crippen LogP contribution in [0.4, 0.5) is 0 Å². The predicted octanol–water partition coefficient (Wildman–Crippen LogP) is 0.609. The zero-order valence-electron chi connectivity index (χ0n) is 11.7. The van der Waals surface area contributed by atoms with E-state index in [4.69, 9.17) is 0 Å². The van der Waals surface area contributed by atoms with Crippen molar-refractivity contribution in [1.29, 1.82) is 0 Å². The monoisotopic (exact) mass is 268 g/mol. The summed E-state index contributed by atoms with van der Waals surface area (Å²) < 4.78 is 1.63. The highest BCUT2D eigenvalue weighted by Gasteiger charge is 2.04. The molecule has 0 fully saturated rings. The van der Waals surface area contributed by atoms with Gasteiger partial charge in [-0.2, -0.15) is 0 Å². The van der Waals surface area contributed by atoms with Gasteiger partial charge in [-0.05, 0) is 37.6 Å². The molecule has 0 aromatic carbocycles.